The zero-order chi connectivity index (χ0) is 13.1. The third-order valence-corrected chi connectivity index (χ3v) is 4.05. The van der Waals surface area contributed by atoms with E-state index in [0.29, 0.717) is 6.04 Å². The lowest BCUT2D eigenvalue weighted by Crippen LogP contribution is -2.45. The lowest BCUT2D eigenvalue weighted by atomic mass is 9.91. The van der Waals surface area contributed by atoms with Gasteiger partial charge in [0.25, 0.3) is 0 Å². The predicted octanol–water partition coefficient (Wildman–Crippen LogP) is 4.15. The van der Waals surface area contributed by atoms with E-state index < -0.39 is 0 Å². The first-order chi connectivity index (χ1) is 8.63. The van der Waals surface area contributed by atoms with Crippen molar-refractivity contribution in [2.45, 2.75) is 58.9 Å². The highest BCUT2D eigenvalue weighted by Gasteiger charge is 2.29. The highest BCUT2D eigenvalue weighted by molar-refractivity contribution is 5.86. The van der Waals surface area contributed by atoms with Gasteiger partial charge < -0.3 is 4.90 Å². The number of fused-ring (bicyclic) bond motifs is 1. The predicted molar refractivity (Wildman–Crippen MR) is 78.7 cm³/mol. The van der Waals surface area contributed by atoms with Crippen LogP contribution in [0.4, 0.5) is 0 Å². The van der Waals surface area contributed by atoms with Gasteiger partial charge in [-0.2, -0.15) is 0 Å². The summed E-state index contributed by atoms with van der Waals surface area (Å²) < 4.78 is 0. The first-order valence-electron chi connectivity index (χ1n) is 7.30. The number of amidine groups is 1. The number of hydrogen-bond donors (Lipinski definition) is 0. The average molecular weight is 246 g/mol. The van der Waals surface area contributed by atoms with Crippen molar-refractivity contribution in [3.8, 4) is 0 Å². The zero-order valence-corrected chi connectivity index (χ0v) is 12.1. The number of nitrogens with zero attached hydrogens (tertiary/aromatic N) is 2. The second kappa shape index (κ2) is 5.73. The van der Waals surface area contributed by atoms with E-state index in [9.17, 15) is 0 Å². The highest BCUT2D eigenvalue weighted by atomic mass is 15.2. The molecular weight excluding hydrogens is 220 g/mol. The molecule has 2 heterocycles. The fourth-order valence-electron chi connectivity index (χ4n) is 2.97. The van der Waals surface area contributed by atoms with Gasteiger partial charge in [-0.25, -0.2) is 4.99 Å². The number of piperidine rings is 1. The summed E-state index contributed by atoms with van der Waals surface area (Å²) in [6.07, 6.45) is 8.23. The Labute approximate surface area is 111 Å². The monoisotopic (exact) mass is 246 g/mol. The van der Waals surface area contributed by atoms with Gasteiger partial charge in [-0.1, -0.05) is 19.9 Å². The van der Waals surface area contributed by atoms with E-state index in [4.69, 9.17) is 4.99 Å². The third-order valence-electron chi connectivity index (χ3n) is 4.05. The minimum atomic E-state index is 0.400. The van der Waals surface area contributed by atoms with Crippen LogP contribution in [0.1, 0.15) is 52.9 Å². The summed E-state index contributed by atoms with van der Waals surface area (Å²) in [6, 6.07) is 0.400. The number of hydrogen-bond acceptors (Lipinski definition) is 2. The van der Waals surface area contributed by atoms with Crippen LogP contribution < -0.4 is 0 Å². The van der Waals surface area contributed by atoms with E-state index in [1.165, 1.54) is 36.4 Å². The van der Waals surface area contributed by atoms with E-state index in [1.54, 1.807) is 0 Å². The van der Waals surface area contributed by atoms with E-state index in [2.05, 4.69) is 38.3 Å². The van der Waals surface area contributed by atoms with Crippen molar-refractivity contribution in [3.05, 3.63) is 23.9 Å². The Bertz CT molecular complexity index is 377. The summed E-state index contributed by atoms with van der Waals surface area (Å²) in [5, 5.41) is 0. The second-order valence-electron chi connectivity index (χ2n) is 5.90. The highest BCUT2D eigenvalue weighted by Crippen LogP contribution is 2.31. The molecule has 0 saturated carbocycles. The zero-order valence-electron chi connectivity index (χ0n) is 12.1. The van der Waals surface area contributed by atoms with Crippen molar-refractivity contribution < 1.29 is 0 Å². The molecule has 0 aromatic heterocycles. The maximum atomic E-state index is 4.84. The largest absolute Gasteiger partial charge is 0.350 e. The van der Waals surface area contributed by atoms with Gasteiger partial charge in [0.05, 0.1) is 6.04 Å². The summed E-state index contributed by atoms with van der Waals surface area (Å²) in [5.41, 5.74) is 2.73. The van der Waals surface area contributed by atoms with E-state index in [1.807, 2.05) is 0 Å². The van der Waals surface area contributed by atoms with Gasteiger partial charge in [0.2, 0.25) is 0 Å². The van der Waals surface area contributed by atoms with Crippen molar-refractivity contribution in [3.63, 3.8) is 0 Å². The van der Waals surface area contributed by atoms with Crippen molar-refractivity contribution in [2.24, 2.45) is 10.9 Å². The van der Waals surface area contributed by atoms with Crippen molar-refractivity contribution >= 4 is 5.84 Å². The Balaban J connectivity index is 2.22. The van der Waals surface area contributed by atoms with Crippen LogP contribution in [0.3, 0.4) is 0 Å². The molecule has 0 aromatic carbocycles. The topological polar surface area (TPSA) is 15.6 Å². The molecular formula is C16H26N2. The summed E-state index contributed by atoms with van der Waals surface area (Å²) in [4.78, 5) is 7.31. The Morgan fingerprint density at radius 3 is 2.89 bits per heavy atom. The SMILES string of the molecule is C=CC1C(CCC(C)C)=C(C)N=C2CCCCN21. The number of aliphatic imine (C=N–C) groups is 1. The van der Waals surface area contributed by atoms with Gasteiger partial charge in [0.15, 0.2) is 0 Å². The molecule has 2 aliphatic rings. The van der Waals surface area contributed by atoms with Gasteiger partial charge in [-0.05, 0) is 44.1 Å². The lowest BCUT2D eigenvalue weighted by molar-refractivity contribution is 0.331. The quantitative estimate of drug-likeness (QED) is 0.680. The summed E-state index contributed by atoms with van der Waals surface area (Å²) >= 11 is 0. The van der Waals surface area contributed by atoms with E-state index in [0.717, 1.165) is 25.3 Å². The van der Waals surface area contributed by atoms with Crippen LogP contribution in [0.25, 0.3) is 0 Å². The normalized spacial score (nSPS) is 24.1. The molecule has 18 heavy (non-hydrogen) atoms. The van der Waals surface area contributed by atoms with Crippen molar-refractivity contribution in [2.75, 3.05) is 6.54 Å². The van der Waals surface area contributed by atoms with Crippen LogP contribution in [0.15, 0.2) is 28.9 Å². The first-order valence-corrected chi connectivity index (χ1v) is 7.30. The van der Waals surface area contributed by atoms with Crippen molar-refractivity contribution in [1.82, 2.24) is 4.90 Å². The molecule has 0 amide bonds. The summed E-state index contributed by atoms with van der Waals surface area (Å²) in [7, 11) is 0. The molecule has 2 aliphatic heterocycles. The second-order valence-corrected chi connectivity index (χ2v) is 5.90. The molecule has 0 aliphatic carbocycles. The molecule has 1 fully saturated rings. The minimum absolute atomic E-state index is 0.400. The molecule has 100 valence electrons. The van der Waals surface area contributed by atoms with Crippen LogP contribution in [-0.2, 0) is 0 Å². The molecule has 0 bridgehead atoms. The average Bonchev–Trinajstić information content (AvgIpc) is 2.35. The van der Waals surface area contributed by atoms with Crippen LogP contribution in [0.2, 0.25) is 0 Å². The van der Waals surface area contributed by atoms with E-state index >= 15 is 0 Å². The van der Waals surface area contributed by atoms with E-state index in [-0.39, 0.29) is 0 Å². The number of rotatable bonds is 4. The summed E-state index contributed by atoms with van der Waals surface area (Å²) in [6.45, 7) is 12.0. The molecule has 0 aromatic rings. The Morgan fingerprint density at radius 2 is 2.22 bits per heavy atom. The molecule has 2 heteroatoms. The summed E-state index contributed by atoms with van der Waals surface area (Å²) in [5.74, 6) is 2.04. The Morgan fingerprint density at radius 1 is 1.44 bits per heavy atom. The molecule has 1 saturated heterocycles. The van der Waals surface area contributed by atoms with Crippen LogP contribution >= 0.6 is 0 Å². The van der Waals surface area contributed by atoms with Crippen LogP contribution in [-0.4, -0.2) is 23.3 Å². The standard InChI is InChI=1S/C16H26N2/c1-5-15-14(10-9-12(2)3)13(4)17-16-8-6-7-11-18(15)16/h5,12,15H,1,6-11H2,2-4H3. The first kappa shape index (κ1) is 13.4. The molecule has 0 N–H and O–H groups in total. The third kappa shape index (κ3) is 2.68. The van der Waals surface area contributed by atoms with Crippen LogP contribution in [0.5, 0.6) is 0 Å². The van der Waals surface area contributed by atoms with Crippen molar-refractivity contribution in [1.29, 1.82) is 0 Å². The number of allylic oxidation sites excluding steroid dienone is 1. The smallest absolute Gasteiger partial charge is 0.105 e. The van der Waals surface area contributed by atoms with Gasteiger partial charge in [-0.3, -0.25) is 0 Å². The molecule has 2 rings (SSSR count). The fraction of sp³-hybridized carbons (Fsp3) is 0.688. The lowest BCUT2D eigenvalue weighted by Gasteiger charge is -2.40. The fourth-order valence-corrected chi connectivity index (χ4v) is 2.97. The molecule has 0 radical (unpaired) electrons. The Kier molecular flexibility index (Phi) is 4.26. The molecule has 1 atom stereocenters. The molecule has 2 nitrogen and oxygen atoms in total. The van der Waals surface area contributed by atoms with Gasteiger partial charge in [-0.15, -0.1) is 6.58 Å². The Hall–Kier alpha value is -1.05. The minimum Gasteiger partial charge on any atom is -0.350 e. The molecule has 0 spiro atoms. The molecule has 1 unspecified atom stereocenters. The van der Waals surface area contributed by atoms with Gasteiger partial charge in [0, 0.05) is 18.7 Å². The van der Waals surface area contributed by atoms with Gasteiger partial charge >= 0.3 is 0 Å². The maximum Gasteiger partial charge on any atom is 0.105 e. The van der Waals surface area contributed by atoms with Gasteiger partial charge in [0.1, 0.15) is 5.84 Å². The maximum absolute atomic E-state index is 4.84. The van der Waals surface area contributed by atoms with Crippen LogP contribution in [0, 0.1) is 5.92 Å².